The summed E-state index contributed by atoms with van der Waals surface area (Å²) in [6.07, 6.45) is 7.03. The van der Waals surface area contributed by atoms with Gasteiger partial charge in [0.05, 0.1) is 11.8 Å². The predicted molar refractivity (Wildman–Crippen MR) is 60.8 cm³/mol. The van der Waals surface area contributed by atoms with Gasteiger partial charge < -0.3 is 9.67 Å². The van der Waals surface area contributed by atoms with Crippen LogP contribution in [-0.4, -0.2) is 25.7 Å². The largest absolute Gasteiger partial charge is 0.393 e. The molecule has 2 unspecified atom stereocenters. The SMILES string of the molecule is Cc1ncnc2c1ccn2C1C[CH]C(O)C1. The topological polar surface area (TPSA) is 50.9 Å². The highest BCUT2D eigenvalue weighted by molar-refractivity contribution is 5.78. The van der Waals surface area contributed by atoms with Crippen LogP contribution in [0.25, 0.3) is 11.0 Å². The molecule has 0 aromatic carbocycles. The summed E-state index contributed by atoms with van der Waals surface area (Å²) in [5.74, 6) is 0. The van der Waals surface area contributed by atoms with E-state index >= 15 is 0 Å². The van der Waals surface area contributed by atoms with Gasteiger partial charge in [-0.1, -0.05) is 0 Å². The van der Waals surface area contributed by atoms with E-state index in [4.69, 9.17) is 0 Å². The molecule has 3 rings (SSSR count). The van der Waals surface area contributed by atoms with E-state index in [0.29, 0.717) is 6.04 Å². The number of aliphatic hydroxyl groups excluding tert-OH is 1. The molecule has 1 aliphatic carbocycles. The van der Waals surface area contributed by atoms with Crippen molar-refractivity contribution in [3.63, 3.8) is 0 Å². The molecule has 4 heteroatoms. The highest BCUT2D eigenvalue weighted by atomic mass is 16.3. The fraction of sp³-hybridized carbons (Fsp3) is 0.417. The first kappa shape index (κ1) is 9.78. The van der Waals surface area contributed by atoms with Crippen LogP contribution in [0.15, 0.2) is 18.6 Å². The zero-order valence-corrected chi connectivity index (χ0v) is 9.17. The molecule has 0 spiro atoms. The van der Waals surface area contributed by atoms with Gasteiger partial charge in [-0.3, -0.25) is 0 Å². The van der Waals surface area contributed by atoms with Crippen molar-refractivity contribution in [2.45, 2.75) is 31.9 Å². The molecule has 1 fully saturated rings. The summed E-state index contributed by atoms with van der Waals surface area (Å²) in [7, 11) is 0. The van der Waals surface area contributed by atoms with Crippen LogP contribution in [0.1, 0.15) is 24.6 Å². The van der Waals surface area contributed by atoms with E-state index in [9.17, 15) is 5.11 Å². The fourth-order valence-corrected chi connectivity index (χ4v) is 2.40. The van der Waals surface area contributed by atoms with Crippen LogP contribution in [0.4, 0.5) is 0 Å². The maximum Gasteiger partial charge on any atom is 0.143 e. The van der Waals surface area contributed by atoms with E-state index in [1.165, 1.54) is 0 Å². The molecule has 1 saturated carbocycles. The molecule has 4 nitrogen and oxygen atoms in total. The van der Waals surface area contributed by atoms with Gasteiger partial charge in [0.1, 0.15) is 12.0 Å². The molecular weight excluding hydrogens is 202 g/mol. The van der Waals surface area contributed by atoms with Crippen molar-refractivity contribution in [2.75, 3.05) is 0 Å². The van der Waals surface area contributed by atoms with Crippen LogP contribution in [0.3, 0.4) is 0 Å². The summed E-state index contributed by atoms with van der Waals surface area (Å²) in [6, 6.07) is 2.39. The van der Waals surface area contributed by atoms with Gasteiger partial charge in [-0.05, 0) is 32.3 Å². The second-order valence-electron chi connectivity index (χ2n) is 4.35. The van der Waals surface area contributed by atoms with Crippen molar-refractivity contribution in [1.82, 2.24) is 14.5 Å². The third-order valence-corrected chi connectivity index (χ3v) is 3.30. The zero-order chi connectivity index (χ0) is 11.1. The third-order valence-electron chi connectivity index (χ3n) is 3.30. The van der Waals surface area contributed by atoms with Crippen LogP contribution in [0, 0.1) is 13.3 Å². The smallest absolute Gasteiger partial charge is 0.143 e. The summed E-state index contributed by atoms with van der Waals surface area (Å²) >= 11 is 0. The molecule has 0 saturated heterocycles. The summed E-state index contributed by atoms with van der Waals surface area (Å²) in [5.41, 5.74) is 1.98. The highest BCUT2D eigenvalue weighted by Gasteiger charge is 2.25. The summed E-state index contributed by atoms with van der Waals surface area (Å²) < 4.78 is 2.15. The maximum atomic E-state index is 9.52. The molecular formula is C12H14N3O. The van der Waals surface area contributed by atoms with E-state index in [0.717, 1.165) is 29.6 Å². The second-order valence-corrected chi connectivity index (χ2v) is 4.35. The third kappa shape index (κ3) is 1.41. The minimum absolute atomic E-state index is 0.273. The average Bonchev–Trinajstić information content (AvgIpc) is 2.84. The Hall–Kier alpha value is -1.42. The van der Waals surface area contributed by atoms with Gasteiger partial charge in [-0.25, -0.2) is 9.97 Å². The monoisotopic (exact) mass is 216 g/mol. The van der Waals surface area contributed by atoms with E-state index in [-0.39, 0.29) is 6.10 Å². The maximum absolute atomic E-state index is 9.52. The molecule has 0 bridgehead atoms. The van der Waals surface area contributed by atoms with Crippen LogP contribution < -0.4 is 0 Å². The summed E-state index contributed by atoms with van der Waals surface area (Å²) in [4.78, 5) is 8.51. The minimum atomic E-state index is -0.273. The Bertz CT molecular complexity index is 520. The molecule has 2 atom stereocenters. The van der Waals surface area contributed by atoms with Crippen LogP contribution >= 0.6 is 0 Å². The molecule has 1 N–H and O–H groups in total. The summed E-state index contributed by atoms with van der Waals surface area (Å²) in [5, 5.41) is 10.6. The first-order chi connectivity index (χ1) is 7.75. The Labute approximate surface area is 93.9 Å². The lowest BCUT2D eigenvalue weighted by atomic mass is 10.2. The molecule has 1 radical (unpaired) electrons. The number of aryl methyl sites for hydroxylation is 1. The Morgan fingerprint density at radius 3 is 3.06 bits per heavy atom. The Morgan fingerprint density at radius 1 is 1.44 bits per heavy atom. The minimum Gasteiger partial charge on any atom is -0.393 e. The normalized spacial score (nSPS) is 25.4. The Kier molecular flexibility index (Phi) is 2.17. The van der Waals surface area contributed by atoms with Crippen molar-refractivity contribution in [3.8, 4) is 0 Å². The van der Waals surface area contributed by atoms with Crippen molar-refractivity contribution in [1.29, 1.82) is 0 Å². The quantitative estimate of drug-likeness (QED) is 0.788. The van der Waals surface area contributed by atoms with Gasteiger partial charge in [0.25, 0.3) is 0 Å². The van der Waals surface area contributed by atoms with E-state index in [1.54, 1.807) is 6.33 Å². The van der Waals surface area contributed by atoms with Gasteiger partial charge in [0, 0.05) is 17.6 Å². The molecule has 2 aromatic rings. The number of hydrogen-bond donors (Lipinski definition) is 1. The first-order valence-electron chi connectivity index (χ1n) is 5.55. The first-order valence-corrected chi connectivity index (χ1v) is 5.55. The number of aromatic nitrogens is 3. The van der Waals surface area contributed by atoms with Gasteiger partial charge in [-0.2, -0.15) is 0 Å². The molecule has 16 heavy (non-hydrogen) atoms. The second kappa shape index (κ2) is 3.56. The number of nitrogens with zero attached hydrogens (tertiary/aromatic N) is 3. The van der Waals surface area contributed by atoms with Crippen molar-refractivity contribution in [2.24, 2.45) is 0 Å². The predicted octanol–water partition coefficient (Wildman–Crippen LogP) is 1.64. The van der Waals surface area contributed by atoms with Crippen molar-refractivity contribution >= 4 is 11.0 Å². The fourth-order valence-electron chi connectivity index (χ4n) is 2.40. The highest BCUT2D eigenvalue weighted by Crippen LogP contribution is 2.32. The zero-order valence-electron chi connectivity index (χ0n) is 9.17. The lowest BCUT2D eigenvalue weighted by molar-refractivity contribution is 0.206. The van der Waals surface area contributed by atoms with Gasteiger partial charge >= 0.3 is 0 Å². The van der Waals surface area contributed by atoms with Crippen LogP contribution in [0.5, 0.6) is 0 Å². The van der Waals surface area contributed by atoms with Gasteiger partial charge in [0.15, 0.2) is 0 Å². The Balaban J connectivity index is 2.08. The van der Waals surface area contributed by atoms with E-state index < -0.39 is 0 Å². The molecule has 83 valence electrons. The van der Waals surface area contributed by atoms with Crippen LogP contribution in [-0.2, 0) is 0 Å². The lowest BCUT2D eigenvalue weighted by Gasteiger charge is -2.12. The van der Waals surface area contributed by atoms with Gasteiger partial charge in [-0.15, -0.1) is 0 Å². The molecule has 1 aliphatic rings. The number of aliphatic hydroxyl groups is 1. The van der Waals surface area contributed by atoms with Crippen LogP contribution in [0.2, 0.25) is 0 Å². The number of rotatable bonds is 1. The average molecular weight is 216 g/mol. The molecule has 0 amide bonds. The number of fused-ring (bicyclic) bond motifs is 1. The number of hydrogen-bond acceptors (Lipinski definition) is 3. The molecule has 2 heterocycles. The standard InChI is InChI=1S/C12H14N3O/c1-8-11-4-5-15(12(11)14-7-13-8)9-2-3-10(16)6-9/h3-5,7,9-10,16H,2,6H2,1H3. The van der Waals surface area contributed by atoms with Gasteiger partial charge in [0.2, 0.25) is 0 Å². The summed E-state index contributed by atoms with van der Waals surface area (Å²) in [6.45, 7) is 1.99. The van der Waals surface area contributed by atoms with E-state index in [1.807, 2.05) is 19.5 Å². The Morgan fingerprint density at radius 2 is 2.31 bits per heavy atom. The van der Waals surface area contributed by atoms with Crippen molar-refractivity contribution < 1.29 is 5.11 Å². The lowest BCUT2D eigenvalue weighted by Crippen LogP contribution is -2.06. The molecule has 0 aliphatic heterocycles. The molecule has 2 aromatic heterocycles. The van der Waals surface area contributed by atoms with Crippen molar-refractivity contribution in [3.05, 3.63) is 30.7 Å². The van der Waals surface area contributed by atoms with E-state index in [2.05, 4.69) is 20.6 Å².